The molecule has 100 valence electrons. The van der Waals surface area contributed by atoms with E-state index in [0.29, 0.717) is 18.6 Å². The molecule has 2 aliphatic rings. The first-order chi connectivity index (χ1) is 7.94. The topological polar surface area (TPSA) is 27.7 Å². The second-order valence-corrected chi connectivity index (χ2v) is 6.06. The van der Waals surface area contributed by atoms with Crippen LogP contribution in [0.5, 0.6) is 0 Å². The van der Waals surface area contributed by atoms with Gasteiger partial charge in [0.25, 0.3) is 0 Å². The number of ether oxygens (including phenoxy) is 3. The average Bonchev–Trinajstić information content (AvgIpc) is 2.67. The first-order valence-corrected chi connectivity index (χ1v) is 6.89. The first kappa shape index (κ1) is 13.3. The summed E-state index contributed by atoms with van der Waals surface area (Å²) in [5.74, 6) is 0.549. The SMILES string of the molecule is CC(C)OC[C@@]12CC[C@@H]([C@H](C)O1)[C@@H]2OC(C)C. The summed E-state index contributed by atoms with van der Waals surface area (Å²) in [4.78, 5) is 0. The van der Waals surface area contributed by atoms with E-state index in [4.69, 9.17) is 14.2 Å². The minimum atomic E-state index is -0.182. The van der Waals surface area contributed by atoms with Crippen molar-refractivity contribution in [2.45, 2.75) is 77.5 Å². The van der Waals surface area contributed by atoms with Crippen molar-refractivity contribution in [3.05, 3.63) is 0 Å². The van der Waals surface area contributed by atoms with E-state index in [1.165, 1.54) is 6.42 Å². The van der Waals surface area contributed by atoms with Gasteiger partial charge in [-0.05, 0) is 47.5 Å². The number of rotatable bonds is 5. The van der Waals surface area contributed by atoms with Crippen LogP contribution < -0.4 is 0 Å². The molecule has 0 N–H and O–H groups in total. The summed E-state index contributed by atoms with van der Waals surface area (Å²) in [5, 5.41) is 0. The Balaban J connectivity index is 2.07. The van der Waals surface area contributed by atoms with Gasteiger partial charge >= 0.3 is 0 Å². The van der Waals surface area contributed by atoms with E-state index in [1.54, 1.807) is 0 Å². The van der Waals surface area contributed by atoms with Crippen LogP contribution in [0.1, 0.15) is 47.5 Å². The number of hydrogen-bond acceptors (Lipinski definition) is 3. The second-order valence-electron chi connectivity index (χ2n) is 6.06. The normalized spacial score (nSPS) is 40.8. The van der Waals surface area contributed by atoms with Crippen LogP contribution in [0, 0.1) is 5.92 Å². The third-order valence-electron chi connectivity index (χ3n) is 3.91. The Bertz CT molecular complexity index is 264. The van der Waals surface area contributed by atoms with Crippen molar-refractivity contribution in [3.8, 4) is 0 Å². The molecule has 1 heterocycles. The van der Waals surface area contributed by atoms with Crippen molar-refractivity contribution < 1.29 is 14.2 Å². The molecule has 17 heavy (non-hydrogen) atoms. The maximum absolute atomic E-state index is 6.16. The standard InChI is InChI=1S/C14H26O3/c1-9(2)15-8-14-7-6-12(11(5)17-14)13(14)16-10(3)4/h9-13H,6-8H2,1-5H3/t11-,12-,13-,14+/m0/s1. The Hall–Kier alpha value is -0.120. The Kier molecular flexibility index (Phi) is 3.81. The van der Waals surface area contributed by atoms with E-state index in [2.05, 4.69) is 34.6 Å². The lowest BCUT2D eigenvalue weighted by molar-refractivity contribution is -0.152. The van der Waals surface area contributed by atoms with Crippen LogP contribution in [0.3, 0.4) is 0 Å². The molecule has 3 nitrogen and oxygen atoms in total. The van der Waals surface area contributed by atoms with Crippen molar-refractivity contribution in [1.29, 1.82) is 0 Å². The smallest absolute Gasteiger partial charge is 0.118 e. The summed E-state index contributed by atoms with van der Waals surface area (Å²) in [6.45, 7) is 11.2. The van der Waals surface area contributed by atoms with Gasteiger partial charge in [-0.15, -0.1) is 0 Å². The third-order valence-corrected chi connectivity index (χ3v) is 3.91. The van der Waals surface area contributed by atoms with Crippen molar-refractivity contribution >= 4 is 0 Å². The largest absolute Gasteiger partial charge is 0.376 e. The first-order valence-electron chi connectivity index (χ1n) is 6.89. The summed E-state index contributed by atoms with van der Waals surface area (Å²) in [6.07, 6.45) is 3.32. The molecule has 4 atom stereocenters. The Morgan fingerprint density at radius 2 is 1.94 bits per heavy atom. The summed E-state index contributed by atoms with van der Waals surface area (Å²) >= 11 is 0. The van der Waals surface area contributed by atoms with Crippen LogP contribution in [0.2, 0.25) is 0 Å². The van der Waals surface area contributed by atoms with Gasteiger partial charge in [0.15, 0.2) is 0 Å². The van der Waals surface area contributed by atoms with Crippen LogP contribution in [0.15, 0.2) is 0 Å². The third kappa shape index (κ3) is 2.51. The van der Waals surface area contributed by atoms with Gasteiger partial charge in [0.2, 0.25) is 0 Å². The van der Waals surface area contributed by atoms with Crippen molar-refractivity contribution in [2.24, 2.45) is 5.92 Å². The van der Waals surface area contributed by atoms with Gasteiger partial charge < -0.3 is 14.2 Å². The molecule has 3 heteroatoms. The van der Waals surface area contributed by atoms with Crippen molar-refractivity contribution in [1.82, 2.24) is 0 Å². The quantitative estimate of drug-likeness (QED) is 0.742. The van der Waals surface area contributed by atoms with Gasteiger partial charge in [0.1, 0.15) is 5.60 Å². The van der Waals surface area contributed by atoms with E-state index >= 15 is 0 Å². The van der Waals surface area contributed by atoms with Gasteiger partial charge in [0, 0.05) is 5.92 Å². The van der Waals surface area contributed by atoms with Gasteiger partial charge in [-0.2, -0.15) is 0 Å². The predicted molar refractivity (Wildman–Crippen MR) is 67.1 cm³/mol. The predicted octanol–water partition coefficient (Wildman–Crippen LogP) is 2.77. The van der Waals surface area contributed by atoms with Gasteiger partial charge in [0.05, 0.1) is 31.0 Å². The highest BCUT2D eigenvalue weighted by Gasteiger charge is 2.59. The zero-order valence-electron chi connectivity index (χ0n) is 11.7. The fraction of sp³-hybridized carbons (Fsp3) is 1.00. The molecule has 2 fully saturated rings. The molecule has 0 spiro atoms. The summed E-state index contributed by atoms with van der Waals surface area (Å²) in [5.41, 5.74) is -0.182. The van der Waals surface area contributed by atoms with E-state index in [9.17, 15) is 0 Å². The van der Waals surface area contributed by atoms with E-state index in [-0.39, 0.29) is 23.9 Å². The average molecular weight is 242 g/mol. The fourth-order valence-electron chi connectivity index (χ4n) is 3.17. The lowest BCUT2D eigenvalue weighted by Crippen LogP contribution is -2.44. The number of hydrogen-bond donors (Lipinski definition) is 0. The highest BCUT2D eigenvalue weighted by molar-refractivity contribution is 5.08. The molecule has 1 aliphatic heterocycles. The molecule has 0 unspecified atom stereocenters. The minimum absolute atomic E-state index is 0.182. The highest BCUT2D eigenvalue weighted by Crippen LogP contribution is 2.50. The van der Waals surface area contributed by atoms with Crippen molar-refractivity contribution in [3.63, 3.8) is 0 Å². The summed E-state index contributed by atoms with van der Waals surface area (Å²) < 4.78 is 18.1. The zero-order chi connectivity index (χ0) is 12.6. The van der Waals surface area contributed by atoms with Crippen LogP contribution in [0.4, 0.5) is 0 Å². The van der Waals surface area contributed by atoms with Crippen LogP contribution in [-0.4, -0.2) is 36.6 Å². The maximum Gasteiger partial charge on any atom is 0.118 e. The van der Waals surface area contributed by atoms with Crippen LogP contribution >= 0.6 is 0 Å². The Morgan fingerprint density at radius 3 is 2.47 bits per heavy atom. The Morgan fingerprint density at radius 1 is 1.24 bits per heavy atom. The molecular formula is C14H26O3. The lowest BCUT2D eigenvalue weighted by atomic mass is 9.98. The number of fused-ring (bicyclic) bond motifs is 2. The fourth-order valence-corrected chi connectivity index (χ4v) is 3.17. The molecule has 1 saturated heterocycles. The van der Waals surface area contributed by atoms with Crippen LogP contribution in [0.25, 0.3) is 0 Å². The van der Waals surface area contributed by atoms with E-state index in [0.717, 1.165) is 6.42 Å². The highest BCUT2D eigenvalue weighted by atomic mass is 16.6. The van der Waals surface area contributed by atoms with Crippen LogP contribution in [-0.2, 0) is 14.2 Å². The molecule has 2 bridgehead atoms. The molecule has 0 radical (unpaired) electrons. The van der Waals surface area contributed by atoms with E-state index in [1.807, 2.05) is 0 Å². The molecule has 0 aromatic rings. The maximum atomic E-state index is 6.16. The van der Waals surface area contributed by atoms with Gasteiger partial charge in [-0.25, -0.2) is 0 Å². The molecular weight excluding hydrogens is 216 g/mol. The van der Waals surface area contributed by atoms with Gasteiger partial charge in [-0.1, -0.05) is 0 Å². The van der Waals surface area contributed by atoms with Gasteiger partial charge in [-0.3, -0.25) is 0 Å². The summed E-state index contributed by atoms with van der Waals surface area (Å²) in [7, 11) is 0. The zero-order valence-corrected chi connectivity index (χ0v) is 11.7. The molecule has 0 aromatic carbocycles. The Labute approximate surface area is 105 Å². The molecule has 1 saturated carbocycles. The lowest BCUT2D eigenvalue weighted by Gasteiger charge is -2.33. The molecule has 0 aromatic heterocycles. The summed E-state index contributed by atoms with van der Waals surface area (Å²) in [6, 6.07) is 0. The minimum Gasteiger partial charge on any atom is -0.376 e. The monoisotopic (exact) mass is 242 g/mol. The molecule has 1 aliphatic carbocycles. The molecule has 0 amide bonds. The molecule has 2 rings (SSSR count). The second kappa shape index (κ2) is 4.87. The van der Waals surface area contributed by atoms with Crippen molar-refractivity contribution in [2.75, 3.05) is 6.61 Å². The van der Waals surface area contributed by atoms with E-state index < -0.39 is 0 Å².